The lowest BCUT2D eigenvalue weighted by Gasteiger charge is -2.08. The summed E-state index contributed by atoms with van der Waals surface area (Å²) in [6.07, 6.45) is 0.0737. The highest BCUT2D eigenvalue weighted by atomic mass is 35.5. The van der Waals surface area contributed by atoms with Crippen molar-refractivity contribution in [2.24, 2.45) is 0 Å². The van der Waals surface area contributed by atoms with E-state index in [9.17, 15) is 4.79 Å². The van der Waals surface area contributed by atoms with Crippen molar-refractivity contribution in [1.29, 1.82) is 0 Å². The topological polar surface area (TPSA) is 59.9 Å². The first-order chi connectivity index (χ1) is 8.58. The van der Waals surface area contributed by atoms with Gasteiger partial charge in [-0.25, -0.2) is 14.5 Å². The van der Waals surface area contributed by atoms with Gasteiger partial charge in [0.15, 0.2) is 5.82 Å². The van der Waals surface area contributed by atoms with Gasteiger partial charge in [-0.05, 0) is 32.0 Å². The number of aromatic amines is 1. The molecule has 18 heavy (non-hydrogen) atoms. The lowest BCUT2D eigenvalue weighted by Crippen LogP contribution is -2.18. The zero-order valence-corrected chi connectivity index (χ0v) is 10.9. The third-order valence-corrected chi connectivity index (χ3v) is 2.59. The summed E-state index contributed by atoms with van der Waals surface area (Å²) in [4.78, 5) is 11.7. The average molecular weight is 268 g/mol. The first-order valence-electron chi connectivity index (χ1n) is 5.62. The number of rotatable bonds is 4. The third kappa shape index (κ3) is 2.80. The van der Waals surface area contributed by atoms with Crippen molar-refractivity contribution >= 4 is 11.6 Å². The predicted octanol–water partition coefficient (Wildman–Crippen LogP) is 2.14. The van der Waals surface area contributed by atoms with Gasteiger partial charge in [-0.3, -0.25) is 0 Å². The van der Waals surface area contributed by atoms with Gasteiger partial charge in [0.25, 0.3) is 0 Å². The minimum absolute atomic E-state index is 0.0737. The van der Waals surface area contributed by atoms with Crippen molar-refractivity contribution in [1.82, 2.24) is 14.8 Å². The lowest BCUT2D eigenvalue weighted by atomic mass is 10.3. The third-order valence-electron chi connectivity index (χ3n) is 2.35. The Kier molecular flexibility index (Phi) is 3.84. The van der Waals surface area contributed by atoms with Crippen LogP contribution in [0.1, 0.15) is 19.7 Å². The van der Waals surface area contributed by atoms with Crippen molar-refractivity contribution in [3.63, 3.8) is 0 Å². The van der Waals surface area contributed by atoms with E-state index in [4.69, 9.17) is 16.3 Å². The molecule has 0 amide bonds. The van der Waals surface area contributed by atoms with Crippen LogP contribution in [0.4, 0.5) is 0 Å². The first-order valence-corrected chi connectivity index (χ1v) is 5.99. The number of nitrogens with zero attached hydrogens (tertiary/aromatic N) is 2. The second-order valence-electron chi connectivity index (χ2n) is 4.12. The molecule has 0 unspecified atom stereocenters. The molecular weight excluding hydrogens is 254 g/mol. The van der Waals surface area contributed by atoms with Crippen LogP contribution in [0.2, 0.25) is 5.02 Å². The largest absolute Gasteiger partial charge is 0.371 e. The Labute approximate surface area is 109 Å². The zero-order chi connectivity index (χ0) is 13.1. The molecule has 1 aromatic heterocycles. The molecule has 96 valence electrons. The summed E-state index contributed by atoms with van der Waals surface area (Å²) < 4.78 is 6.91. The molecule has 1 aromatic carbocycles. The van der Waals surface area contributed by atoms with E-state index in [0.717, 1.165) is 0 Å². The van der Waals surface area contributed by atoms with Crippen LogP contribution in [0.5, 0.6) is 0 Å². The van der Waals surface area contributed by atoms with Gasteiger partial charge in [-0.15, -0.1) is 0 Å². The van der Waals surface area contributed by atoms with E-state index in [-0.39, 0.29) is 18.4 Å². The summed E-state index contributed by atoms with van der Waals surface area (Å²) in [6.45, 7) is 4.12. The van der Waals surface area contributed by atoms with Gasteiger partial charge >= 0.3 is 5.69 Å². The van der Waals surface area contributed by atoms with Gasteiger partial charge in [0.2, 0.25) is 0 Å². The van der Waals surface area contributed by atoms with Crippen LogP contribution in [0.3, 0.4) is 0 Å². The molecule has 0 aliphatic carbocycles. The second kappa shape index (κ2) is 5.37. The van der Waals surface area contributed by atoms with E-state index >= 15 is 0 Å². The number of aromatic nitrogens is 3. The van der Waals surface area contributed by atoms with Crippen molar-refractivity contribution in [2.75, 3.05) is 0 Å². The normalized spacial score (nSPS) is 11.1. The van der Waals surface area contributed by atoms with E-state index in [1.165, 1.54) is 4.57 Å². The van der Waals surface area contributed by atoms with Crippen molar-refractivity contribution in [3.05, 3.63) is 45.6 Å². The van der Waals surface area contributed by atoms with Crippen molar-refractivity contribution < 1.29 is 4.74 Å². The number of ether oxygens (including phenoxy) is 1. The minimum Gasteiger partial charge on any atom is -0.371 e. The summed E-state index contributed by atoms with van der Waals surface area (Å²) in [6, 6.07) is 7.03. The maximum atomic E-state index is 11.7. The molecule has 1 N–H and O–H groups in total. The molecule has 0 aliphatic rings. The number of H-pyrrole nitrogens is 1. The van der Waals surface area contributed by atoms with Gasteiger partial charge < -0.3 is 4.74 Å². The molecule has 0 bridgehead atoms. The Balaban J connectivity index is 2.38. The van der Waals surface area contributed by atoms with E-state index in [1.807, 2.05) is 13.8 Å². The fraction of sp³-hybridized carbons (Fsp3) is 0.333. The molecule has 5 nitrogen and oxygen atoms in total. The van der Waals surface area contributed by atoms with Gasteiger partial charge in [0.1, 0.15) is 6.61 Å². The molecule has 1 heterocycles. The standard InChI is InChI=1S/C12H14ClN3O2/c1-8(2)18-7-11-14-15-12(17)16(11)10-5-3-4-9(13)6-10/h3-6,8H,7H2,1-2H3,(H,15,17). The summed E-state index contributed by atoms with van der Waals surface area (Å²) in [5.74, 6) is 0.524. The number of benzene rings is 1. The molecule has 6 heteroatoms. The smallest absolute Gasteiger partial charge is 0.348 e. The van der Waals surface area contributed by atoms with Crippen LogP contribution in [-0.2, 0) is 11.3 Å². The van der Waals surface area contributed by atoms with Crippen molar-refractivity contribution in [3.8, 4) is 5.69 Å². The quantitative estimate of drug-likeness (QED) is 0.923. The summed E-state index contributed by atoms with van der Waals surface area (Å²) >= 11 is 5.92. The number of hydrogen-bond donors (Lipinski definition) is 1. The van der Waals surface area contributed by atoms with E-state index in [0.29, 0.717) is 16.5 Å². The molecule has 0 spiro atoms. The van der Waals surface area contributed by atoms with E-state index < -0.39 is 0 Å². The van der Waals surface area contributed by atoms with Crippen LogP contribution in [0.25, 0.3) is 5.69 Å². The molecular formula is C12H14ClN3O2. The first kappa shape index (κ1) is 12.9. The van der Waals surface area contributed by atoms with Crippen LogP contribution >= 0.6 is 11.6 Å². The van der Waals surface area contributed by atoms with Crippen LogP contribution in [0, 0.1) is 0 Å². The Morgan fingerprint density at radius 3 is 2.94 bits per heavy atom. The summed E-state index contributed by atoms with van der Waals surface area (Å²) in [5.41, 5.74) is 0.364. The summed E-state index contributed by atoms with van der Waals surface area (Å²) in [7, 11) is 0. The maximum absolute atomic E-state index is 11.7. The van der Waals surface area contributed by atoms with Gasteiger partial charge in [0.05, 0.1) is 11.8 Å². The molecule has 0 saturated heterocycles. The second-order valence-corrected chi connectivity index (χ2v) is 4.56. The molecule has 0 radical (unpaired) electrons. The van der Waals surface area contributed by atoms with Gasteiger partial charge in [-0.2, -0.15) is 5.10 Å². The Bertz CT molecular complexity index is 589. The maximum Gasteiger partial charge on any atom is 0.348 e. The SMILES string of the molecule is CC(C)OCc1n[nH]c(=O)n1-c1cccc(Cl)c1. The van der Waals surface area contributed by atoms with Crippen LogP contribution in [-0.4, -0.2) is 20.9 Å². The number of halogens is 1. The molecule has 0 atom stereocenters. The monoisotopic (exact) mass is 267 g/mol. The van der Waals surface area contributed by atoms with E-state index in [2.05, 4.69) is 10.2 Å². The average Bonchev–Trinajstić information content (AvgIpc) is 2.68. The molecule has 0 fully saturated rings. The molecule has 2 aromatic rings. The molecule has 0 aliphatic heterocycles. The molecule has 2 rings (SSSR count). The highest BCUT2D eigenvalue weighted by molar-refractivity contribution is 6.30. The van der Waals surface area contributed by atoms with Crippen molar-refractivity contribution in [2.45, 2.75) is 26.6 Å². The van der Waals surface area contributed by atoms with Crippen LogP contribution < -0.4 is 5.69 Å². The Morgan fingerprint density at radius 1 is 1.50 bits per heavy atom. The van der Waals surface area contributed by atoms with Crippen LogP contribution in [0.15, 0.2) is 29.1 Å². The zero-order valence-electron chi connectivity index (χ0n) is 10.2. The van der Waals surface area contributed by atoms with Gasteiger partial charge in [0, 0.05) is 5.02 Å². The Hall–Kier alpha value is -1.59. The van der Waals surface area contributed by atoms with Gasteiger partial charge in [-0.1, -0.05) is 17.7 Å². The fourth-order valence-corrected chi connectivity index (χ4v) is 1.73. The Morgan fingerprint density at radius 2 is 2.28 bits per heavy atom. The summed E-state index contributed by atoms with van der Waals surface area (Å²) in [5, 5.41) is 6.93. The fourth-order valence-electron chi connectivity index (χ4n) is 1.55. The number of hydrogen-bond acceptors (Lipinski definition) is 3. The predicted molar refractivity (Wildman–Crippen MR) is 69.1 cm³/mol. The van der Waals surface area contributed by atoms with E-state index in [1.54, 1.807) is 24.3 Å². The highest BCUT2D eigenvalue weighted by Crippen LogP contribution is 2.14. The number of nitrogens with one attached hydrogen (secondary N) is 1. The molecule has 0 saturated carbocycles. The highest BCUT2D eigenvalue weighted by Gasteiger charge is 2.11. The minimum atomic E-state index is -0.306. The lowest BCUT2D eigenvalue weighted by molar-refractivity contribution is 0.0603.